The van der Waals surface area contributed by atoms with E-state index in [2.05, 4.69) is 193 Å². The third kappa shape index (κ3) is 5.59. The minimum Gasteiger partial charge on any atom is -0.456 e. The summed E-state index contributed by atoms with van der Waals surface area (Å²) in [6.07, 6.45) is 0. The maximum atomic E-state index is 6.23. The van der Waals surface area contributed by atoms with Gasteiger partial charge in [0.2, 0.25) is 0 Å². The molecule has 0 aliphatic carbocycles. The number of rotatable bonds is 6. The zero-order valence-corrected chi connectivity index (χ0v) is 32.0. The van der Waals surface area contributed by atoms with Crippen molar-refractivity contribution < 1.29 is 8.83 Å². The second-order valence-electron chi connectivity index (χ2n) is 15.3. The number of benzene rings is 10. The first kappa shape index (κ1) is 33.3. The molecule has 276 valence electrons. The van der Waals surface area contributed by atoms with Crippen molar-refractivity contribution in [1.29, 1.82) is 0 Å². The summed E-state index contributed by atoms with van der Waals surface area (Å²) in [5.74, 6) is 0. The van der Waals surface area contributed by atoms with Crippen LogP contribution in [-0.4, -0.2) is 0 Å². The van der Waals surface area contributed by atoms with E-state index in [1.807, 2.05) is 24.3 Å². The number of hydrogen-bond acceptors (Lipinski definition) is 3. The van der Waals surface area contributed by atoms with Crippen molar-refractivity contribution in [1.82, 2.24) is 0 Å². The molecule has 0 saturated carbocycles. The zero-order chi connectivity index (χ0) is 38.9. The number of fused-ring (bicyclic) bond motifs is 8. The molecule has 10 aromatic carbocycles. The standard InChI is InChI=1S/C56H35NO2/c1-3-15-45-37(11-1)13-9-19-51(45)57(52-20-10-14-38-12-2-4-16-46(38)52)44-27-23-36(24-28-44)41-31-42(39-25-29-55-49(34-39)47-17-5-7-21-53(47)58-55)33-43(32-41)40-26-30-56-50(35-40)48-18-6-8-22-54(48)59-56/h1-35H. The molecular weight excluding hydrogens is 719 g/mol. The highest BCUT2D eigenvalue weighted by molar-refractivity contribution is 6.08. The maximum Gasteiger partial charge on any atom is 0.135 e. The molecule has 12 aromatic rings. The molecule has 0 spiro atoms. The van der Waals surface area contributed by atoms with Crippen LogP contribution in [0.15, 0.2) is 221 Å². The van der Waals surface area contributed by atoms with Crippen molar-refractivity contribution in [2.75, 3.05) is 4.90 Å². The molecule has 0 aliphatic heterocycles. The molecule has 0 saturated heterocycles. The molecular formula is C56H35NO2. The van der Waals surface area contributed by atoms with Gasteiger partial charge in [-0.1, -0.05) is 133 Å². The number of hydrogen-bond donors (Lipinski definition) is 0. The van der Waals surface area contributed by atoms with Gasteiger partial charge in [0.1, 0.15) is 22.3 Å². The van der Waals surface area contributed by atoms with E-state index in [1.54, 1.807) is 0 Å². The lowest BCUT2D eigenvalue weighted by Gasteiger charge is -2.28. The Kier molecular flexibility index (Phi) is 7.54. The number of anilines is 3. The summed E-state index contributed by atoms with van der Waals surface area (Å²) in [5.41, 5.74) is 13.8. The van der Waals surface area contributed by atoms with Crippen LogP contribution in [0.25, 0.3) is 98.8 Å². The van der Waals surface area contributed by atoms with E-state index in [0.29, 0.717) is 0 Å². The van der Waals surface area contributed by atoms with Crippen LogP contribution in [0.3, 0.4) is 0 Å². The SMILES string of the molecule is c1ccc2c(N(c3ccc(-c4cc(-c5ccc6oc7ccccc7c6c5)cc(-c5ccc6oc7ccccc7c6c5)c4)cc3)c3cccc4ccccc34)cccc2c1. The lowest BCUT2D eigenvalue weighted by Crippen LogP contribution is -2.11. The van der Waals surface area contributed by atoms with Gasteiger partial charge in [0, 0.05) is 38.0 Å². The maximum absolute atomic E-state index is 6.23. The van der Waals surface area contributed by atoms with Crippen molar-refractivity contribution in [2.45, 2.75) is 0 Å². The average molecular weight is 754 g/mol. The molecule has 59 heavy (non-hydrogen) atoms. The molecule has 0 amide bonds. The predicted molar refractivity (Wildman–Crippen MR) is 247 cm³/mol. The van der Waals surface area contributed by atoms with E-state index in [-0.39, 0.29) is 0 Å². The highest BCUT2D eigenvalue weighted by atomic mass is 16.3. The molecule has 0 aliphatic rings. The van der Waals surface area contributed by atoms with Crippen LogP contribution in [0.5, 0.6) is 0 Å². The second-order valence-corrected chi connectivity index (χ2v) is 15.3. The number of furan rings is 2. The van der Waals surface area contributed by atoms with Gasteiger partial charge >= 0.3 is 0 Å². The van der Waals surface area contributed by atoms with Crippen LogP contribution in [0.1, 0.15) is 0 Å². The van der Waals surface area contributed by atoms with Gasteiger partial charge in [0.25, 0.3) is 0 Å². The van der Waals surface area contributed by atoms with Crippen molar-refractivity contribution >= 4 is 82.5 Å². The Morgan fingerprint density at radius 1 is 0.254 bits per heavy atom. The van der Waals surface area contributed by atoms with Gasteiger partial charge in [-0.15, -0.1) is 0 Å². The Labute approximate surface area is 340 Å². The van der Waals surface area contributed by atoms with Crippen LogP contribution in [0.4, 0.5) is 17.1 Å². The van der Waals surface area contributed by atoms with E-state index in [9.17, 15) is 0 Å². The molecule has 3 nitrogen and oxygen atoms in total. The van der Waals surface area contributed by atoms with Crippen LogP contribution < -0.4 is 4.90 Å². The van der Waals surface area contributed by atoms with Crippen LogP contribution >= 0.6 is 0 Å². The molecule has 0 unspecified atom stereocenters. The van der Waals surface area contributed by atoms with Crippen LogP contribution in [0, 0.1) is 0 Å². The zero-order valence-electron chi connectivity index (χ0n) is 32.0. The normalized spacial score (nSPS) is 11.7. The van der Waals surface area contributed by atoms with Crippen molar-refractivity contribution in [3.8, 4) is 33.4 Å². The van der Waals surface area contributed by atoms with Gasteiger partial charge in [-0.25, -0.2) is 0 Å². The highest BCUT2D eigenvalue weighted by Crippen LogP contribution is 2.44. The molecule has 2 aromatic heterocycles. The van der Waals surface area contributed by atoms with Gasteiger partial charge in [-0.3, -0.25) is 0 Å². The highest BCUT2D eigenvalue weighted by Gasteiger charge is 2.19. The van der Waals surface area contributed by atoms with Gasteiger partial charge in [0.05, 0.1) is 11.4 Å². The fraction of sp³-hybridized carbons (Fsp3) is 0. The van der Waals surface area contributed by atoms with Gasteiger partial charge in [0.15, 0.2) is 0 Å². The number of para-hydroxylation sites is 2. The largest absolute Gasteiger partial charge is 0.456 e. The first-order valence-electron chi connectivity index (χ1n) is 20.1. The summed E-state index contributed by atoms with van der Waals surface area (Å²) in [6, 6.07) is 76.1. The number of nitrogens with zero attached hydrogens (tertiary/aromatic N) is 1. The van der Waals surface area contributed by atoms with E-state index in [0.717, 1.165) is 94.3 Å². The fourth-order valence-electron chi connectivity index (χ4n) is 8.96. The summed E-state index contributed by atoms with van der Waals surface area (Å²) >= 11 is 0. The third-order valence-corrected chi connectivity index (χ3v) is 11.8. The summed E-state index contributed by atoms with van der Waals surface area (Å²) < 4.78 is 12.5. The quantitative estimate of drug-likeness (QED) is 0.169. The average Bonchev–Trinajstić information content (AvgIpc) is 3.87. The van der Waals surface area contributed by atoms with E-state index >= 15 is 0 Å². The van der Waals surface area contributed by atoms with Crippen molar-refractivity contribution in [3.05, 3.63) is 212 Å². The molecule has 0 N–H and O–H groups in total. The van der Waals surface area contributed by atoms with Crippen LogP contribution in [-0.2, 0) is 0 Å². The molecule has 0 fully saturated rings. The Hall–Kier alpha value is -7.88. The molecule has 2 heterocycles. The van der Waals surface area contributed by atoms with E-state index in [1.165, 1.54) is 21.5 Å². The predicted octanol–water partition coefficient (Wildman–Crippen LogP) is 16.3. The van der Waals surface area contributed by atoms with Gasteiger partial charge in [-0.05, 0) is 123 Å². The summed E-state index contributed by atoms with van der Waals surface area (Å²) in [4.78, 5) is 2.41. The van der Waals surface area contributed by atoms with Crippen LogP contribution in [0.2, 0.25) is 0 Å². The Morgan fingerprint density at radius 2 is 0.644 bits per heavy atom. The smallest absolute Gasteiger partial charge is 0.135 e. The summed E-state index contributed by atoms with van der Waals surface area (Å²) in [6.45, 7) is 0. The molecule has 12 rings (SSSR count). The molecule has 0 atom stereocenters. The lowest BCUT2D eigenvalue weighted by atomic mass is 9.92. The van der Waals surface area contributed by atoms with Crippen molar-refractivity contribution in [3.63, 3.8) is 0 Å². The topological polar surface area (TPSA) is 29.5 Å². The first-order chi connectivity index (χ1) is 29.2. The minimum atomic E-state index is 0.890. The summed E-state index contributed by atoms with van der Waals surface area (Å²) in [7, 11) is 0. The van der Waals surface area contributed by atoms with E-state index < -0.39 is 0 Å². The minimum absolute atomic E-state index is 0.890. The molecule has 0 radical (unpaired) electrons. The first-order valence-corrected chi connectivity index (χ1v) is 20.1. The lowest BCUT2D eigenvalue weighted by molar-refractivity contribution is 0.668. The Morgan fingerprint density at radius 3 is 1.15 bits per heavy atom. The van der Waals surface area contributed by atoms with Gasteiger partial charge < -0.3 is 13.7 Å². The fourth-order valence-corrected chi connectivity index (χ4v) is 8.96. The third-order valence-electron chi connectivity index (χ3n) is 11.8. The van der Waals surface area contributed by atoms with Crippen molar-refractivity contribution in [2.24, 2.45) is 0 Å². The Bertz CT molecular complexity index is 3350. The molecule has 0 bridgehead atoms. The monoisotopic (exact) mass is 753 g/mol. The Balaban J connectivity index is 1.03. The second kappa shape index (κ2) is 13.4. The van der Waals surface area contributed by atoms with Gasteiger partial charge in [-0.2, -0.15) is 0 Å². The summed E-state index contributed by atoms with van der Waals surface area (Å²) in [5, 5.41) is 9.29. The molecule has 3 heteroatoms. The van der Waals surface area contributed by atoms with E-state index in [4.69, 9.17) is 8.83 Å².